The van der Waals surface area contributed by atoms with Crippen molar-refractivity contribution in [2.75, 3.05) is 17.4 Å². The second-order valence-electron chi connectivity index (χ2n) is 17.0. The Morgan fingerprint density at radius 3 is 1.77 bits per heavy atom. The quantitative estimate of drug-likeness (QED) is 0.0816. The Labute approximate surface area is 364 Å². The van der Waals surface area contributed by atoms with Crippen molar-refractivity contribution < 1.29 is 33.4 Å². The molecule has 0 aliphatic carbocycles. The number of hydrazone groups is 2. The number of hydrogen-bond acceptors (Lipinski definition) is 9. The van der Waals surface area contributed by atoms with Crippen LogP contribution in [0.2, 0.25) is 0 Å². The molecule has 326 valence electrons. The summed E-state index contributed by atoms with van der Waals surface area (Å²) in [6.07, 6.45) is -0.552. The molecule has 2 aliphatic rings. The van der Waals surface area contributed by atoms with Crippen molar-refractivity contribution >= 4 is 46.4 Å². The Hall–Kier alpha value is -6.50. The van der Waals surface area contributed by atoms with Crippen LogP contribution in [0.4, 0.5) is 11.4 Å². The number of nitrogens with one attached hydrogen (secondary N) is 4. The minimum atomic E-state index is -0.910. The maximum absolute atomic E-state index is 13.4. The van der Waals surface area contributed by atoms with Gasteiger partial charge in [-0.15, -0.1) is 0 Å². The number of anilines is 2. The van der Waals surface area contributed by atoms with Gasteiger partial charge in [0.05, 0.1) is 0 Å². The summed E-state index contributed by atoms with van der Waals surface area (Å²) in [4.78, 5) is 53.4. The average molecular weight is 843 g/mol. The third-order valence-corrected chi connectivity index (χ3v) is 10.7. The van der Waals surface area contributed by atoms with Gasteiger partial charge >= 0.3 is 0 Å². The fraction of sp³-hybridized carbons (Fsp3) is 0.388. The van der Waals surface area contributed by atoms with E-state index in [-0.39, 0.29) is 73.5 Å². The summed E-state index contributed by atoms with van der Waals surface area (Å²) in [5.41, 5.74) is 12.5. The van der Waals surface area contributed by atoms with Gasteiger partial charge in [0.15, 0.2) is 17.6 Å². The van der Waals surface area contributed by atoms with Crippen molar-refractivity contribution in [1.29, 1.82) is 0 Å². The van der Waals surface area contributed by atoms with Crippen LogP contribution in [0.25, 0.3) is 0 Å². The van der Waals surface area contributed by atoms with Crippen molar-refractivity contribution in [2.45, 2.75) is 111 Å². The summed E-state index contributed by atoms with van der Waals surface area (Å²) >= 11 is 0. The third-order valence-electron chi connectivity index (χ3n) is 10.7. The standard InChI is InChI=1S/C49H58N6O7/c1-28(2)25-32-13-11-15-34(29(3)4)45(32)50-41(56)21-23-43(58)52-54-47-37-14-9-10-18-38(37)62-49(33-19-20-39-40(26-33)61-27-60-39)48(47)55-53-44(59)24-22-42(57)51-46-35(30(5)6)16-12-17-36(46)31(7)8/h9-20,26,28-31,49H,21-25,27H2,1-8H3,(H,50,56)(H,51,57)(H,52,58)(H,53,59)/b54-47-,55-48-/t49-/m1/s1. The lowest BCUT2D eigenvalue weighted by atomic mass is 9.92. The highest BCUT2D eigenvalue weighted by molar-refractivity contribution is 6.51. The Bertz CT molecular complexity index is 2340. The lowest BCUT2D eigenvalue weighted by molar-refractivity contribution is -0.124. The minimum absolute atomic E-state index is 0.0691. The van der Waals surface area contributed by atoms with Crippen LogP contribution in [0.15, 0.2) is 89.1 Å². The predicted octanol–water partition coefficient (Wildman–Crippen LogP) is 9.25. The average Bonchev–Trinajstić information content (AvgIpc) is 3.71. The molecule has 0 radical (unpaired) electrons. The lowest BCUT2D eigenvalue weighted by Gasteiger charge is -2.29. The van der Waals surface area contributed by atoms with Gasteiger partial charge in [-0.2, -0.15) is 10.2 Å². The van der Waals surface area contributed by atoms with Crippen molar-refractivity contribution in [3.63, 3.8) is 0 Å². The van der Waals surface area contributed by atoms with Crippen molar-refractivity contribution in [2.24, 2.45) is 16.1 Å². The number of nitrogens with zero attached hydrogens (tertiary/aromatic N) is 2. The fourth-order valence-corrected chi connectivity index (χ4v) is 7.51. The van der Waals surface area contributed by atoms with Crippen LogP contribution in [0.1, 0.15) is 138 Å². The molecule has 4 aromatic carbocycles. The van der Waals surface area contributed by atoms with E-state index in [1.165, 1.54) is 0 Å². The molecule has 13 nitrogen and oxygen atoms in total. The maximum atomic E-state index is 13.4. The summed E-state index contributed by atoms with van der Waals surface area (Å²) in [5.74, 6) is 0.910. The molecule has 0 saturated heterocycles. The first-order valence-corrected chi connectivity index (χ1v) is 21.4. The Morgan fingerprint density at radius 1 is 0.597 bits per heavy atom. The van der Waals surface area contributed by atoms with Crippen LogP contribution in [0.3, 0.4) is 0 Å². The van der Waals surface area contributed by atoms with Crippen LogP contribution >= 0.6 is 0 Å². The zero-order valence-corrected chi connectivity index (χ0v) is 36.9. The number of ether oxygens (including phenoxy) is 3. The number of carbonyl (C=O) groups excluding carboxylic acids is 4. The summed E-state index contributed by atoms with van der Waals surface area (Å²) in [7, 11) is 0. The molecule has 4 amide bonds. The molecule has 0 unspecified atom stereocenters. The van der Waals surface area contributed by atoms with Gasteiger partial charge in [0, 0.05) is 48.2 Å². The van der Waals surface area contributed by atoms with Crippen molar-refractivity contribution in [1.82, 2.24) is 10.9 Å². The molecular formula is C49H58N6O7. The predicted molar refractivity (Wildman–Crippen MR) is 242 cm³/mol. The van der Waals surface area contributed by atoms with E-state index in [0.29, 0.717) is 34.3 Å². The van der Waals surface area contributed by atoms with E-state index in [1.54, 1.807) is 36.4 Å². The molecule has 62 heavy (non-hydrogen) atoms. The lowest BCUT2D eigenvalue weighted by Crippen LogP contribution is -2.37. The molecule has 2 heterocycles. The molecular weight excluding hydrogens is 785 g/mol. The van der Waals surface area contributed by atoms with Gasteiger partial charge in [0.2, 0.25) is 30.4 Å². The molecule has 6 rings (SSSR count). The van der Waals surface area contributed by atoms with Crippen molar-refractivity contribution in [3.8, 4) is 17.2 Å². The molecule has 13 heteroatoms. The number of hydrogen-bond donors (Lipinski definition) is 4. The number of amides is 4. The van der Waals surface area contributed by atoms with E-state index < -0.39 is 17.9 Å². The summed E-state index contributed by atoms with van der Waals surface area (Å²) < 4.78 is 17.7. The third kappa shape index (κ3) is 11.1. The monoisotopic (exact) mass is 842 g/mol. The first kappa shape index (κ1) is 45.0. The van der Waals surface area contributed by atoms with E-state index in [1.807, 2.05) is 42.5 Å². The van der Waals surface area contributed by atoms with Gasteiger partial charge in [-0.25, -0.2) is 10.9 Å². The number of rotatable bonds is 16. The van der Waals surface area contributed by atoms with E-state index in [0.717, 1.165) is 40.0 Å². The highest BCUT2D eigenvalue weighted by Gasteiger charge is 2.35. The molecule has 0 saturated carbocycles. The van der Waals surface area contributed by atoms with Gasteiger partial charge in [-0.1, -0.05) is 110 Å². The van der Waals surface area contributed by atoms with Crippen LogP contribution in [-0.4, -0.2) is 41.8 Å². The number of carbonyl (C=O) groups is 4. The second-order valence-corrected chi connectivity index (χ2v) is 17.0. The van der Waals surface area contributed by atoms with Gasteiger partial charge in [0.25, 0.3) is 0 Å². The summed E-state index contributed by atoms with van der Waals surface area (Å²) in [6, 6.07) is 24.5. The van der Waals surface area contributed by atoms with Crippen LogP contribution in [0, 0.1) is 5.92 Å². The molecule has 4 N–H and O–H groups in total. The first-order chi connectivity index (χ1) is 29.7. The Kier molecular flexibility index (Phi) is 14.8. The van der Waals surface area contributed by atoms with Crippen LogP contribution in [0.5, 0.6) is 17.2 Å². The number of benzene rings is 4. The van der Waals surface area contributed by atoms with E-state index in [9.17, 15) is 19.2 Å². The smallest absolute Gasteiger partial charge is 0.240 e. The zero-order valence-electron chi connectivity index (χ0n) is 36.9. The zero-order chi connectivity index (χ0) is 44.5. The highest BCUT2D eigenvalue weighted by atomic mass is 16.7. The second kappa shape index (κ2) is 20.4. The number of para-hydroxylation sites is 3. The maximum Gasteiger partial charge on any atom is 0.240 e. The van der Waals surface area contributed by atoms with Crippen LogP contribution in [-0.2, 0) is 25.6 Å². The normalized spacial score (nSPS) is 15.5. The van der Waals surface area contributed by atoms with Crippen LogP contribution < -0.4 is 35.7 Å². The molecule has 4 aromatic rings. The number of fused-ring (bicyclic) bond motifs is 2. The first-order valence-electron chi connectivity index (χ1n) is 21.4. The fourth-order valence-electron chi connectivity index (χ4n) is 7.51. The van der Waals surface area contributed by atoms with E-state index in [2.05, 4.69) is 87.1 Å². The van der Waals surface area contributed by atoms with Gasteiger partial charge < -0.3 is 24.8 Å². The minimum Gasteiger partial charge on any atom is -0.478 e. The SMILES string of the molecule is CC(C)Cc1cccc(C(C)C)c1NC(=O)CCC(=O)N/N=C1\C(=N\NC(=O)CCC(=O)Nc2c(C(C)C)cccc2C(C)C)[C@@H](c2ccc3c(c2)OCO3)Oc2ccccc21. The van der Waals surface area contributed by atoms with Crippen molar-refractivity contribution in [3.05, 3.63) is 112 Å². The molecule has 0 bridgehead atoms. The molecule has 1 atom stereocenters. The van der Waals surface area contributed by atoms with Gasteiger partial charge in [-0.3, -0.25) is 19.2 Å². The summed E-state index contributed by atoms with van der Waals surface area (Å²) in [6.45, 7) is 16.8. The topological polar surface area (TPSA) is 169 Å². The molecule has 0 spiro atoms. The summed E-state index contributed by atoms with van der Waals surface area (Å²) in [5, 5.41) is 15.2. The van der Waals surface area contributed by atoms with E-state index >= 15 is 0 Å². The largest absolute Gasteiger partial charge is 0.478 e. The molecule has 0 aromatic heterocycles. The van der Waals surface area contributed by atoms with Gasteiger partial charge in [0.1, 0.15) is 17.2 Å². The van der Waals surface area contributed by atoms with E-state index in [4.69, 9.17) is 14.2 Å². The molecule has 0 fully saturated rings. The molecule has 2 aliphatic heterocycles. The Morgan fingerprint density at radius 2 is 1.15 bits per heavy atom. The highest BCUT2D eigenvalue weighted by Crippen LogP contribution is 2.39. The van der Waals surface area contributed by atoms with Gasteiger partial charge in [-0.05, 0) is 76.6 Å². The Balaban J connectivity index is 1.21.